The molecule has 1 heterocycles. The van der Waals surface area contributed by atoms with Crippen molar-refractivity contribution in [3.8, 4) is 6.01 Å². The Morgan fingerprint density at radius 3 is 2.50 bits per heavy atom. The van der Waals surface area contributed by atoms with Gasteiger partial charge in [-0.1, -0.05) is 13.8 Å². The predicted octanol–water partition coefficient (Wildman–Crippen LogP) is 2.55. The van der Waals surface area contributed by atoms with Crippen molar-refractivity contribution in [3.05, 3.63) is 0 Å². The Morgan fingerprint density at radius 2 is 1.85 bits per heavy atom. The summed E-state index contributed by atoms with van der Waals surface area (Å²) >= 11 is 0. The van der Waals surface area contributed by atoms with E-state index in [9.17, 15) is 0 Å². The van der Waals surface area contributed by atoms with Crippen LogP contribution < -0.4 is 15.4 Å². The molecule has 0 saturated heterocycles. The number of hydrogen-bond acceptors (Lipinski definition) is 6. The molecule has 1 aliphatic carbocycles. The fourth-order valence-corrected chi connectivity index (χ4v) is 2.61. The summed E-state index contributed by atoms with van der Waals surface area (Å²) in [4.78, 5) is 12.8. The van der Waals surface area contributed by atoms with Gasteiger partial charge in [0.25, 0.3) is 0 Å². The zero-order chi connectivity index (χ0) is 14.5. The van der Waals surface area contributed by atoms with Crippen LogP contribution in [0.1, 0.15) is 40.0 Å². The maximum atomic E-state index is 5.13. The number of ether oxygens (including phenoxy) is 1. The Bertz CT molecular complexity index is 440. The van der Waals surface area contributed by atoms with Gasteiger partial charge in [0, 0.05) is 12.6 Å². The molecule has 0 spiro atoms. The van der Waals surface area contributed by atoms with Gasteiger partial charge in [0.1, 0.15) is 0 Å². The molecular formula is C14H25N5O. The number of hydrogen-bond donors (Lipinski definition) is 2. The lowest BCUT2D eigenvalue weighted by molar-refractivity contribution is 0.260. The van der Waals surface area contributed by atoms with E-state index in [4.69, 9.17) is 4.74 Å². The van der Waals surface area contributed by atoms with E-state index in [1.165, 1.54) is 6.42 Å². The second kappa shape index (κ2) is 6.72. The molecule has 0 bridgehead atoms. The number of methoxy groups -OCH3 is 1. The van der Waals surface area contributed by atoms with E-state index >= 15 is 0 Å². The third-order valence-corrected chi connectivity index (χ3v) is 4.06. The highest BCUT2D eigenvalue weighted by Crippen LogP contribution is 2.30. The molecule has 1 saturated carbocycles. The first-order valence-electron chi connectivity index (χ1n) is 7.42. The fourth-order valence-electron chi connectivity index (χ4n) is 2.61. The van der Waals surface area contributed by atoms with Crippen LogP contribution in [-0.4, -0.2) is 34.6 Å². The quantitative estimate of drug-likeness (QED) is 0.863. The van der Waals surface area contributed by atoms with Crippen LogP contribution in [-0.2, 0) is 0 Å². The van der Waals surface area contributed by atoms with Crippen molar-refractivity contribution in [2.75, 3.05) is 24.3 Å². The second-order valence-electron chi connectivity index (χ2n) is 5.61. The molecule has 0 aromatic carbocycles. The van der Waals surface area contributed by atoms with E-state index in [1.807, 2.05) is 6.92 Å². The lowest BCUT2D eigenvalue weighted by atomic mass is 9.79. The minimum absolute atomic E-state index is 0.343. The Morgan fingerprint density at radius 1 is 1.10 bits per heavy atom. The van der Waals surface area contributed by atoms with Gasteiger partial charge in [-0.2, -0.15) is 15.0 Å². The van der Waals surface area contributed by atoms with E-state index in [0.29, 0.717) is 23.9 Å². The van der Waals surface area contributed by atoms with Gasteiger partial charge in [0.2, 0.25) is 11.9 Å². The van der Waals surface area contributed by atoms with Crippen molar-refractivity contribution in [1.82, 2.24) is 15.0 Å². The predicted molar refractivity (Wildman–Crippen MR) is 80.1 cm³/mol. The first kappa shape index (κ1) is 14.8. The zero-order valence-corrected chi connectivity index (χ0v) is 12.8. The first-order valence-corrected chi connectivity index (χ1v) is 7.42. The summed E-state index contributed by atoms with van der Waals surface area (Å²) in [7, 11) is 1.57. The van der Waals surface area contributed by atoms with Crippen molar-refractivity contribution >= 4 is 11.9 Å². The Hall–Kier alpha value is -1.59. The molecule has 1 fully saturated rings. The first-order chi connectivity index (χ1) is 9.62. The van der Waals surface area contributed by atoms with Crippen LogP contribution in [0.5, 0.6) is 6.01 Å². The van der Waals surface area contributed by atoms with Crippen molar-refractivity contribution in [2.45, 2.75) is 46.1 Å². The lowest BCUT2D eigenvalue weighted by Gasteiger charge is -2.32. The Kier molecular flexibility index (Phi) is 4.98. The molecule has 1 aromatic heterocycles. The minimum Gasteiger partial charge on any atom is -0.467 e. The maximum absolute atomic E-state index is 5.13. The summed E-state index contributed by atoms with van der Waals surface area (Å²) in [6.07, 6.45) is 3.57. The second-order valence-corrected chi connectivity index (χ2v) is 5.61. The molecule has 1 aliphatic rings. The monoisotopic (exact) mass is 279 g/mol. The van der Waals surface area contributed by atoms with E-state index in [1.54, 1.807) is 7.11 Å². The number of aromatic nitrogens is 3. The smallest absolute Gasteiger partial charge is 0.322 e. The van der Waals surface area contributed by atoms with E-state index in [2.05, 4.69) is 39.4 Å². The van der Waals surface area contributed by atoms with E-state index in [-0.39, 0.29) is 0 Å². The fraction of sp³-hybridized carbons (Fsp3) is 0.786. The van der Waals surface area contributed by atoms with E-state index in [0.717, 1.165) is 31.2 Å². The third-order valence-electron chi connectivity index (χ3n) is 4.06. The third kappa shape index (κ3) is 3.71. The average molecular weight is 279 g/mol. The van der Waals surface area contributed by atoms with Gasteiger partial charge in [-0.15, -0.1) is 0 Å². The SMILES string of the molecule is CCNc1nc(NC2CCC(C)C(C)C2)nc(OC)n1. The van der Waals surface area contributed by atoms with Crippen molar-refractivity contribution < 1.29 is 4.74 Å². The topological polar surface area (TPSA) is 72.0 Å². The number of anilines is 2. The Balaban J connectivity index is 2.06. The van der Waals surface area contributed by atoms with Crippen molar-refractivity contribution in [1.29, 1.82) is 0 Å². The molecule has 3 unspecified atom stereocenters. The average Bonchev–Trinajstić information content (AvgIpc) is 2.43. The molecule has 0 amide bonds. The molecule has 1 aromatic rings. The van der Waals surface area contributed by atoms with Crippen LogP contribution in [0.15, 0.2) is 0 Å². The highest BCUT2D eigenvalue weighted by molar-refractivity contribution is 5.36. The zero-order valence-electron chi connectivity index (χ0n) is 12.8. The highest BCUT2D eigenvalue weighted by Gasteiger charge is 2.25. The van der Waals surface area contributed by atoms with Crippen LogP contribution in [0, 0.1) is 11.8 Å². The molecule has 2 rings (SSSR count). The van der Waals surface area contributed by atoms with Crippen molar-refractivity contribution in [2.24, 2.45) is 11.8 Å². The standard InChI is InChI=1S/C14H25N5O/c1-5-15-12-17-13(19-14(18-12)20-4)16-11-7-6-9(2)10(3)8-11/h9-11H,5-8H2,1-4H3,(H2,15,16,17,18,19). The summed E-state index contributed by atoms with van der Waals surface area (Å²) in [5, 5.41) is 6.52. The Labute approximate surface area is 120 Å². The maximum Gasteiger partial charge on any atom is 0.322 e. The van der Waals surface area contributed by atoms with Gasteiger partial charge < -0.3 is 15.4 Å². The molecule has 0 aliphatic heterocycles. The highest BCUT2D eigenvalue weighted by atomic mass is 16.5. The molecule has 6 nitrogen and oxygen atoms in total. The molecule has 2 N–H and O–H groups in total. The molecule has 0 radical (unpaired) electrons. The number of rotatable bonds is 5. The number of nitrogens with zero attached hydrogens (tertiary/aromatic N) is 3. The molecule has 6 heteroatoms. The van der Waals surface area contributed by atoms with Crippen LogP contribution in [0.3, 0.4) is 0 Å². The van der Waals surface area contributed by atoms with Crippen LogP contribution >= 0.6 is 0 Å². The number of nitrogens with one attached hydrogen (secondary N) is 2. The minimum atomic E-state index is 0.343. The largest absolute Gasteiger partial charge is 0.467 e. The van der Waals surface area contributed by atoms with Gasteiger partial charge in [-0.3, -0.25) is 0 Å². The van der Waals surface area contributed by atoms with Gasteiger partial charge >= 0.3 is 6.01 Å². The summed E-state index contributed by atoms with van der Waals surface area (Å²) in [5.41, 5.74) is 0. The molecule has 3 atom stereocenters. The van der Waals surface area contributed by atoms with Crippen LogP contribution in [0.4, 0.5) is 11.9 Å². The van der Waals surface area contributed by atoms with Crippen molar-refractivity contribution in [3.63, 3.8) is 0 Å². The summed E-state index contributed by atoms with van der Waals surface area (Å²) in [5.74, 6) is 2.69. The molecular weight excluding hydrogens is 254 g/mol. The molecule has 112 valence electrons. The van der Waals surface area contributed by atoms with Crippen LogP contribution in [0.2, 0.25) is 0 Å². The summed E-state index contributed by atoms with van der Waals surface area (Å²) in [6.45, 7) is 7.42. The molecule has 20 heavy (non-hydrogen) atoms. The normalized spacial score (nSPS) is 26.1. The summed E-state index contributed by atoms with van der Waals surface area (Å²) < 4.78 is 5.13. The van der Waals surface area contributed by atoms with Gasteiger partial charge in [0.15, 0.2) is 0 Å². The summed E-state index contributed by atoms with van der Waals surface area (Å²) in [6, 6.07) is 0.776. The van der Waals surface area contributed by atoms with Crippen LogP contribution in [0.25, 0.3) is 0 Å². The van der Waals surface area contributed by atoms with Gasteiger partial charge in [0.05, 0.1) is 7.11 Å². The van der Waals surface area contributed by atoms with E-state index < -0.39 is 0 Å². The van der Waals surface area contributed by atoms with Gasteiger partial charge in [-0.25, -0.2) is 0 Å². The van der Waals surface area contributed by atoms with Gasteiger partial charge in [-0.05, 0) is 38.0 Å². The lowest BCUT2D eigenvalue weighted by Crippen LogP contribution is -2.31.